The summed E-state index contributed by atoms with van der Waals surface area (Å²) in [6.45, 7) is 5.68. The van der Waals surface area contributed by atoms with E-state index in [2.05, 4.69) is 23.1 Å². The van der Waals surface area contributed by atoms with Gasteiger partial charge in [0.2, 0.25) is 0 Å². The molecule has 0 spiro atoms. The SMILES string of the molecule is C#CCN(CCC)C(CNC1CC1)COC. The van der Waals surface area contributed by atoms with Gasteiger partial charge in [0, 0.05) is 25.7 Å². The maximum absolute atomic E-state index is 5.41. The number of hydrogen-bond donors (Lipinski definition) is 1. The van der Waals surface area contributed by atoms with Crippen LogP contribution in [-0.4, -0.2) is 50.3 Å². The van der Waals surface area contributed by atoms with Gasteiger partial charge in [0.1, 0.15) is 0 Å². The molecule has 1 fully saturated rings. The minimum Gasteiger partial charge on any atom is -0.383 e. The second-order valence-corrected chi connectivity index (χ2v) is 4.47. The lowest BCUT2D eigenvalue weighted by atomic mass is 10.2. The standard InChI is InChI=1S/C13H24N2O/c1-4-8-15(9-5-2)13(11-16-3)10-14-12-6-7-12/h1,12-14H,5-11H2,2-3H3. The highest BCUT2D eigenvalue weighted by Crippen LogP contribution is 2.18. The third-order valence-corrected chi connectivity index (χ3v) is 2.90. The van der Waals surface area contributed by atoms with Crippen LogP contribution in [0.5, 0.6) is 0 Å². The molecular weight excluding hydrogens is 200 g/mol. The Labute approximate surface area is 99.5 Å². The van der Waals surface area contributed by atoms with E-state index in [9.17, 15) is 0 Å². The number of terminal acetylenes is 1. The highest BCUT2D eigenvalue weighted by atomic mass is 16.5. The summed E-state index contributed by atoms with van der Waals surface area (Å²) in [6.07, 6.45) is 9.18. The molecule has 0 saturated heterocycles. The Bertz CT molecular complexity index is 220. The van der Waals surface area contributed by atoms with Crippen molar-refractivity contribution in [1.29, 1.82) is 0 Å². The first-order valence-electron chi connectivity index (χ1n) is 6.21. The Hall–Kier alpha value is -0.560. The lowest BCUT2D eigenvalue weighted by molar-refractivity contribution is 0.0973. The monoisotopic (exact) mass is 224 g/mol. The highest BCUT2D eigenvalue weighted by Gasteiger charge is 2.24. The van der Waals surface area contributed by atoms with E-state index < -0.39 is 0 Å². The molecule has 0 aromatic carbocycles. The number of nitrogens with zero attached hydrogens (tertiary/aromatic N) is 1. The van der Waals surface area contributed by atoms with Crippen LogP contribution >= 0.6 is 0 Å². The molecule has 1 aliphatic rings. The van der Waals surface area contributed by atoms with Crippen molar-refractivity contribution in [3.63, 3.8) is 0 Å². The van der Waals surface area contributed by atoms with Crippen LogP contribution in [0.2, 0.25) is 0 Å². The molecule has 0 aliphatic heterocycles. The first-order chi connectivity index (χ1) is 7.81. The van der Waals surface area contributed by atoms with Crippen LogP contribution in [-0.2, 0) is 4.74 Å². The molecule has 0 radical (unpaired) electrons. The summed E-state index contributed by atoms with van der Waals surface area (Å²) in [5.74, 6) is 2.74. The normalized spacial score (nSPS) is 17.4. The summed E-state index contributed by atoms with van der Waals surface area (Å²) in [5, 5.41) is 3.55. The Kier molecular flexibility index (Phi) is 6.47. The molecule has 0 bridgehead atoms. The van der Waals surface area contributed by atoms with E-state index in [1.54, 1.807) is 7.11 Å². The maximum Gasteiger partial charge on any atom is 0.0630 e. The number of hydrogen-bond acceptors (Lipinski definition) is 3. The molecule has 0 aromatic rings. The largest absolute Gasteiger partial charge is 0.383 e. The van der Waals surface area contributed by atoms with Crippen LogP contribution in [0.25, 0.3) is 0 Å². The fraction of sp³-hybridized carbons (Fsp3) is 0.846. The molecule has 1 atom stereocenters. The predicted octanol–water partition coefficient (Wildman–Crippen LogP) is 1.10. The zero-order valence-corrected chi connectivity index (χ0v) is 10.5. The van der Waals surface area contributed by atoms with Gasteiger partial charge in [0.15, 0.2) is 0 Å². The number of nitrogens with one attached hydrogen (secondary N) is 1. The van der Waals surface area contributed by atoms with Crippen molar-refractivity contribution in [2.75, 3.05) is 33.4 Å². The van der Waals surface area contributed by atoms with Crippen LogP contribution in [0.15, 0.2) is 0 Å². The van der Waals surface area contributed by atoms with E-state index in [4.69, 9.17) is 11.2 Å². The average Bonchev–Trinajstić information content (AvgIpc) is 3.08. The van der Waals surface area contributed by atoms with Crippen molar-refractivity contribution in [3.8, 4) is 12.3 Å². The van der Waals surface area contributed by atoms with Crippen LogP contribution < -0.4 is 5.32 Å². The summed E-state index contributed by atoms with van der Waals surface area (Å²) < 4.78 is 5.28. The summed E-state index contributed by atoms with van der Waals surface area (Å²) in [5.41, 5.74) is 0. The Morgan fingerprint density at radius 1 is 1.56 bits per heavy atom. The zero-order chi connectivity index (χ0) is 11.8. The maximum atomic E-state index is 5.41. The van der Waals surface area contributed by atoms with Gasteiger partial charge in [-0.15, -0.1) is 6.42 Å². The smallest absolute Gasteiger partial charge is 0.0630 e. The summed E-state index contributed by atoms with van der Waals surface area (Å²) in [6, 6.07) is 1.15. The van der Waals surface area contributed by atoms with Gasteiger partial charge in [-0.3, -0.25) is 4.90 Å². The topological polar surface area (TPSA) is 24.5 Å². The molecule has 1 N–H and O–H groups in total. The minimum atomic E-state index is 0.404. The molecule has 1 unspecified atom stereocenters. The molecule has 3 nitrogen and oxygen atoms in total. The molecule has 16 heavy (non-hydrogen) atoms. The summed E-state index contributed by atoms with van der Waals surface area (Å²) in [4.78, 5) is 2.33. The first kappa shape index (κ1) is 13.5. The predicted molar refractivity (Wildman–Crippen MR) is 67.4 cm³/mol. The second-order valence-electron chi connectivity index (χ2n) is 4.47. The van der Waals surface area contributed by atoms with Crippen molar-refractivity contribution in [2.45, 2.75) is 38.3 Å². The van der Waals surface area contributed by atoms with Crippen LogP contribution in [0, 0.1) is 12.3 Å². The van der Waals surface area contributed by atoms with Crippen molar-refractivity contribution in [3.05, 3.63) is 0 Å². The van der Waals surface area contributed by atoms with Gasteiger partial charge in [0.05, 0.1) is 13.2 Å². The van der Waals surface area contributed by atoms with Crippen LogP contribution in [0.3, 0.4) is 0 Å². The zero-order valence-electron chi connectivity index (χ0n) is 10.5. The molecule has 0 amide bonds. The van der Waals surface area contributed by atoms with Crippen LogP contribution in [0.1, 0.15) is 26.2 Å². The van der Waals surface area contributed by atoms with Crippen molar-refractivity contribution in [1.82, 2.24) is 10.2 Å². The van der Waals surface area contributed by atoms with E-state index in [0.29, 0.717) is 12.6 Å². The Morgan fingerprint density at radius 2 is 2.31 bits per heavy atom. The average molecular weight is 224 g/mol. The van der Waals surface area contributed by atoms with Crippen molar-refractivity contribution < 1.29 is 4.74 Å². The lowest BCUT2D eigenvalue weighted by Crippen LogP contribution is -2.46. The molecular formula is C13H24N2O. The van der Waals surface area contributed by atoms with E-state index in [0.717, 1.165) is 32.2 Å². The first-order valence-corrected chi connectivity index (χ1v) is 6.21. The molecule has 92 valence electrons. The van der Waals surface area contributed by atoms with Gasteiger partial charge < -0.3 is 10.1 Å². The van der Waals surface area contributed by atoms with Crippen LogP contribution in [0.4, 0.5) is 0 Å². The lowest BCUT2D eigenvalue weighted by Gasteiger charge is -2.29. The fourth-order valence-corrected chi connectivity index (χ4v) is 1.87. The van der Waals surface area contributed by atoms with E-state index in [1.165, 1.54) is 12.8 Å². The third kappa shape index (κ3) is 4.98. The van der Waals surface area contributed by atoms with Gasteiger partial charge in [-0.05, 0) is 25.8 Å². The molecule has 1 aliphatic carbocycles. The number of ether oxygens (including phenoxy) is 1. The van der Waals surface area contributed by atoms with Gasteiger partial charge in [-0.2, -0.15) is 0 Å². The molecule has 1 saturated carbocycles. The van der Waals surface area contributed by atoms with E-state index in [-0.39, 0.29) is 0 Å². The molecule has 0 aromatic heterocycles. The quantitative estimate of drug-likeness (QED) is 0.594. The van der Waals surface area contributed by atoms with Gasteiger partial charge >= 0.3 is 0 Å². The highest BCUT2D eigenvalue weighted by molar-refractivity contribution is 4.92. The van der Waals surface area contributed by atoms with Gasteiger partial charge in [-0.1, -0.05) is 12.8 Å². The molecule has 3 heteroatoms. The fourth-order valence-electron chi connectivity index (χ4n) is 1.87. The second kappa shape index (κ2) is 7.67. The Balaban J connectivity index is 2.38. The number of methoxy groups -OCH3 is 1. The molecule has 0 heterocycles. The van der Waals surface area contributed by atoms with Gasteiger partial charge in [-0.25, -0.2) is 0 Å². The summed E-state index contributed by atoms with van der Waals surface area (Å²) in [7, 11) is 1.75. The third-order valence-electron chi connectivity index (χ3n) is 2.90. The number of rotatable bonds is 9. The van der Waals surface area contributed by atoms with Gasteiger partial charge in [0.25, 0.3) is 0 Å². The minimum absolute atomic E-state index is 0.404. The van der Waals surface area contributed by atoms with E-state index >= 15 is 0 Å². The Morgan fingerprint density at radius 3 is 2.81 bits per heavy atom. The summed E-state index contributed by atoms with van der Waals surface area (Å²) >= 11 is 0. The van der Waals surface area contributed by atoms with E-state index in [1.807, 2.05) is 0 Å². The van der Waals surface area contributed by atoms with Crippen molar-refractivity contribution in [2.24, 2.45) is 0 Å². The van der Waals surface area contributed by atoms with Crippen molar-refractivity contribution >= 4 is 0 Å². The molecule has 1 rings (SSSR count).